The summed E-state index contributed by atoms with van der Waals surface area (Å²) < 4.78 is 29.6. The Hall–Kier alpha value is -2.72. The molecule has 326 valence electrons. The molecule has 7 rings (SSSR count). The number of aliphatic hydroxyl groups excluding tert-OH is 2. The number of nitrogens with one attached hydrogen (secondary N) is 1. The molecule has 59 heavy (non-hydrogen) atoms. The first-order chi connectivity index (χ1) is 27.6. The van der Waals surface area contributed by atoms with Gasteiger partial charge in [-0.15, -0.1) is 0 Å². The fourth-order valence-corrected chi connectivity index (χ4v) is 15.8. The second-order valence-electron chi connectivity index (χ2n) is 21.8. The SMILES string of the molecule is CC(C)CN(C[C@@H](O)[C@H](Cc1ccccc1)NC(=O)[C@]12CC[C@@H](C)[C@H](C)[C@H]1C1=CC[C@@H]3[C@@]4(C)CC[C@@H](O)C(C)(C)[C@@H]4CC[C@@]3(C)[C@]1(C)CC2)S(=O)(=O)c1ccc(N)cc1. The number of fused-ring (bicyclic) bond motifs is 7. The number of carbonyl (C=O) groups is 1. The van der Waals surface area contributed by atoms with Gasteiger partial charge in [0, 0.05) is 18.8 Å². The number of allylic oxidation sites excluding steroid dienone is 2. The third-order valence-corrected chi connectivity index (χ3v) is 19.8. The lowest BCUT2D eigenvalue weighted by Gasteiger charge is -2.71. The molecule has 2 aromatic rings. The molecule has 12 atom stereocenters. The van der Waals surface area contributed by atoms with Crippen LogP contribution in [0.2, 0.25) is 0 Å². The van der Waals surface area contributed by atoms with Crippen LogP contribution < -0.4 is 11.1 Å². The summed E-state index contributed by atoms with van der Waals surface area (Å²) in [5, 5.41) is 26.9. The molecule has 4 saturated carbocycles. The zero-order chi connectivity index (χ0) is 42.9. The first-order valence-corrected chi connectivity index (χ1v) is 24.3. The molecule has 9 heteroatoms. The van der Waals surface area contributed by atoms with Crippen LogP contribution in [0.3, 0.4) is 0 Å². The van der Waals surface area contributed by atoms with Crippen LogP contribution in [0.5, 0.6) is 0 Å². The third-order valence-electron chi connectivity index (χ3n) is 18.0. The molecule has 8 nitrogen and oxygen atoms in total. The molecule has 0 saturated heterocycles. The molecule has 0 aliphatic heterocycles. The Kier molecular flexibility index (Phi) is 11.9. The summed E-state index contributed by atoms with van der Waals surface area (Å²) in [6, 6.07) is 15.4. The van der Waals surface area contributed by atoms with Crippen molar-refractivity contribution in [2.24, 2.45) is 62.6 Å². The fraction of sp³-hybridized carbons (Fsp3) is 0.700. The monoisotopic (exact) mass is 830 g/mol. The van der Waals surface area contributed by atoms with Gasteiger partial charge in [0.2, 0.25) is 15.9 Å². The Bertz CT molecular complexity index is 1980. The maximum absolute atomic E-state index is 15.5. The summed E-state index contributed by atoms with van der Waals surface area (Å²) in [5.74, 6) is 1.85. The molecular weight excluding hydrogens is 755 g/mol. The van der Waals surface area contributed by atoms with Gasteiger partial charge in [0.1, 0.15) is 0 Å². The highest BCUT2D eigenvalue weighted by Crippen LogP contribution is 2.75. The highest BCUT2D eigenvalue weighted by Gasteiger charge is 2.69. The van der Waals surface area contributed by atoms with E-state index in [1.165, 1.54) is 22.0 Å². The molecule has 0 aromatic heterocycles. The van der Waals surface area contributed by atoms with Crippen molar-refractivity contribution in [3.63, 3.8) is 0 Å². The minimum absolute atomic E-state index is 0.00643. The van der Waals surface area contributed by atoms with Crippen LogP contribution in [-0.2, 0) is 21.2 Å². The number of amides is 1. The molecule has 5 aliphatic carbocycles. The topological polar surface area (TPSA) is 133 Å². The average molecular weight is 830 g/mol. The number of hydrogen-bond acceptors (Lipinski definition) is 6. The molecule has 0 heterocycles. The zero-order valence-corrected chi connectivity index (χ0v) is 38.3. The van der Waals surface area contributed by atoms with E-state index < -0.39 is 27.6 Å². The Labute approximate surface area is 356 Å². The quantitative estimate of drug-likeness (QED) is 0.132. The number of anilines is 1. The third kappa shape index (κ3) is 7.33. The van der Waals surface area contributed by atoms with E-state index in [1.54, 1.807) is 12.1 Å². The van der Waals surface area contributed by atoms with Gasteiger partial charge in [-0.25, -0.2) is 8.42 Å². The van der Waals surface area contributed by atoms with E-state index in [0.717, 1.165) is 63.4 Å². The lowest BCUT2D eigenvalue weighted by atomic mass is 9.33. The van der Waals surface area contributed by atoms with Crippen LogP contribution in [0.4, 0.5) is 5.69 Å². The summed E-state index contributed by atoms with van der Waals surface area (Å²) in [4.78, 5) is 15.6. The van der Waals surface area contributed by atoms with Gasteiger partial charge in [-0.2, -0.15) is 4.31 Å². The number of nitrogens with two attached hydrogens (primary N) is 1. The van der Waals surface area contributed by atoms with Crippen LogP contribution in [0, 0.1) is 62.6 Å². The minimum Gasteiger partial charge on any atom is -0.399 e. The Morgan fingerprint density at radius 2 is 1.56 bits per heavy atom. The smallest absolute Gasteiger partial charge is 0.243 e. The van der Waals surface area contributed by atoms with Gasteiger partial charge < -0.3 is 21.3 Å². The van der Waals surface area contributed by atoms with Gasteiger partial charge in [-0.3, -0.25) is 4.79 Å². The van der Waals surface area contributed by atoms with Crippen molar-refractivity contribution < 1.29 is 23.4 Å². The fourth-order valence-electron chi connectivity index (χ4n) is 14.1. The van der Waals surface area contributed by atoms with Gasteiger partial charge >= 0.3 is 0 Å². The summed E-state index contributed by atoms with van der Waals surface area (Å²) >= 11 is 0. The van der Waals surface area contributed by atoms with Crippen molar-refractivity contribution in [2.75, 3.05) is 18.8 Å². The van der Waals surface area contributed by atoms with Crippen molar-refractivity contribution in [2.45, 2.75) is 150 Å². The first-order valence-electron chi connectivity index (χ1n) is 22.9. The highest BCUT2D eigenvalue weighted by atomic mass is 32.2. The first kappa shape index (κ1) is 44.3. The Balaban J connectivity index is 1.22. The molecule has 0 unspecified atom stereocenters. The van der Waals surface area contributed by atoms with Gasteiger partial charge in [0.25, 0.3) is 0 Å². The number of hydrogen-bond donors (Lipinski definition) is 4. The van der Waals surface area contributed by atoms with E-state index in [9.17, 15) is 18.6 Å². The van der Waals surface area contributed by atoms with E-state index in [1.807, 2.05) is 44.2 Å². The predicted octanol–water partition coefficient (Wildman–Crippen LogP) is 9.02. The maximum Gasteiger partial charge on any atom is 0.243 e. The van der Waals surface area contributed by atoms with Crippen LogP contribution in [-0.4, -0.2) is 60.2 Å². The van der Waals surface area contributed by atoms with Crippen molar-refractivity contribution in [1.82, 2.24) is 9.62 Å². The molecule has 1 amide bonds. The van der Waals surface area contributed by atoms with Gasteiger partial charge in [-0.05, 0) is 151 Å². The molecule has 5 aliphatic rings. The summed E-state index contributed by atoms with van der Waals surface area (Å²) in [5.41, 5.74) is 8.28. The molecule has 0 bridgehead atoms. The second kappa shape index (κ2) is 15.9. The number of aliphatic hydroxyl groups is 2. The average Bonchev–Trinajstić information content (AvgIpc) is 3.18. The van der Waals surface area contributed by atoms with Crippen molar-refractivity contribution in [3.8, 4) is 0 Å². The highest BCUT2D eigenvalue weighted by molar-refractivity contribution is 7.89. The Morgan fingerprint density at radius 1 is 0.881 bits per heavy atom. The normalized spacial score (nSPS) is 37.6. The van der Waals surface area contributed by atoms with Crippen molar-refractivity contribution in [1.29, 1.82) is 0 Å². The number of sulfonamides is 1. The van der Waals surface area contributed by atoms with Gasteiger partial charge in [0.15, 0.2) is 0 Å². The molecule has 2 aromatic carbocycles. The lowest BCUT2D eigenvalue weighted by Crippen LogP contribution is -2.66. The van der Waals surface area contributed by atoms with E-state index in [-0.39, 0.29) is 63.5 Å². The maximum atomic E-state index is 15.5. The van der Waals surface area contributed by atoms with Crippen LogP contribution in [0.1, 0.15) is 126 Å². The second-order valence-corrected chi connectivity index (χ2v) is 23.7. The Morgan fingerprint density at radius 3 is 2.22 bits per heavy atom. The number of carbonyl (C=O) groups excluding carboxylic acids is 1. The number of rotatable bonds is 11. The van der Waals surface area contributed by atoms with Crippen LogP contribution >= 0.6 is 0 Å². The lowest BCUT2D eigenvalue weighted by molar-refractivity contribution is -0.204. The van der Waals surface area contributed by atoms with E-state index >= 15 is 4.79 Å². The molecular formula is C50H75N3O5S. The van der Waals surface area contributed by atoms with E-state index in [4.69, 9.17) is 5.73 Å². The van der Waals surface area contributed by atoms with Crippen molar-refractivity contribution >= 4 is 21.6 Å². The van der Waals surface area contributed by atoms with Crippen LogP contribution in [0.15, 0.2) is 71.1 Å². The number of benzene rings is 2. The summed E-state index contributed by atoms with van der Waals surface area (Å²) in [7, 11) is -3.97. The largest absolute Gasteiger partial charge is 0.399 e. The summed E-state index contributed by atoms with van der Waals surface area (Å²) in [6.07, 6.45) is 10.3. The summed E-state index contributed by atoms with van der Waals surface area (Å²) in [6.45, 7) is 21.0. The predicted molar refractivity (Wildman–Crippen MR) is 238 cm³/mol. The molecule has 0 radical (unpaired) electrons. The van der Waals surface area contributed by atoms with Crippen LogP contribution in [0.25, 0.3) is 0 Å². The van der Waals surface area contributed by atoms with E-state index in [2.05, 4.69) is 59.9 Å². The number of nitrogen functional groups attached to an aromatic ring is 1. The minimum atomic E-state index is -3.97. The molecule has 0 spiro atoms. The zero-order valence-electron chi connectivity index (χ0n) is 37.5. The standard InChI is InChI=1S/C50H75N3O5S/c1-32(2)30-53(59(57,58)37-17-15-36(51)16-18-37)31-40(54)39(29-35-13-11-10-12-14-35)52-45(56)50-26-21-33(3)34(4)44(50)38-19-20-42-47(7)24-23-43(55)46(5,6)41(47)22-25-49(42,9)48(38,8)27-28-50/h10-19,32-34,39-44,54-55H,20-31,51H2,1-9H3,(H,52,56)/t33-,34+,39+,40-,41+,42-,43-,44+,47+,48-,49-,50+/m1/s1. The molecule has 5 N–H and O–H groups in total. The number of nitrogens with zero attached hydrogens (tertiary/aromatic N) is 1. The van der Waals surface area contributed by atoms with E-state index in [0.29, 0.717) is 35.8 Å². The molecule has 4 fully saturated rings. The van der Waals surface area contributed by atoms with Gasteiger partial charge in [-0.1, -0.05) is 104 Å². The van der Waals surface area contributed by atoms with Gasteiger partial charge in [0.05, 0.1) is 28.6 Å². The van der Waals surface area contributed by atoms with Crippen molar-refractivity contribution in [3.05, 3.63) is 71.8 Å².